The molecule has 1 amide bonds. The number of amides is 1. The normalized spacial score (nSPS) is 17.3. The van der Waals surface area contributed by atoms with E-state index in [1.807, 2.05) is 58.5 Å². The van der Waals surface area contributed by atoms with Crippen LogP contribution in [0.25, 0.3) is 21.8 Å². The molecule has 2 aromatic heterocycles. The van der Waals surface area contributed by atoms with Gasteiger partial charge in [-0.05, 0) is 35.9 Å². The topological polar surface area (TPSA) is 69.5 Å². The van der Waals surface area contributed by atoms with Gasteiger partial charge < -0.3 is 14.4 Å². The zero-order valence-electron chi connectivity index (χ0n) is 19.4. The van der Waals surface area contributed by atoms with Gasteiger partial charge in [-0.2, -0.15) is 5.10 Å². The Hall–Kier alpha value is -3.65. The van der Waals surface area contributed by atoms with Gasteiger partial charge in [0, 0.05) is 61.5 Å². The van der Waals surface area contributed by atoms with Crippen molar-refractivity contribution in [1.29, 1.82) is 0 Å². The molecule has 0 radical (unpaired) electrons. The monoisotopic (exact) mass is 484 g/mol. The number of benzene rings is 2. The number of fused-ring (bicyclic) bond motifs is 5. The summed E-state index contributed by atoms with van der Waals surface area (Å²) in [7, 11) is 1.97. The standard InChI is InChI=1S/C27H24N4O3S/c1-30-24-19-4-2-3-5-23(19)34-27(20(24)15-28-30)9-11-31(12-10-27)26(32)21-16-35-25(29-21)18-6-7-22-17(14-18)8-13-33-22/h2-7,14-16H,8-13H2,1H3. The third-order valence-electron chi connectivity index (χ3n) is 7.40. The summed E-state index contributed by atoms with van der Waals surface area (Å²) < 4.78 is 14.2. The van der Waals surface area contributed by atoms with Gasteiger partial charge in [-0.15, -0.1) is 11.3 Å². The second-order valence-electron chi connectivity index (χ2n) is 9.37. The van der Waals surface area contributed by atoms with Gasteiger partial charge in [0.15, 0.2) is 0 Å². The van der Waals surface area contributed by atoms with Crippen molar-refractivity contribution in [2.45, 2.75) is 24.9 Å². The molecule has 1 fully saturated rings. The lowest BCUT2D eigenvalue weighted by Crippen LogP contribution is -2.49. The third-order valence-corrected chi connectivity index (χ3v) is 8.29. The van der Waals surface area contributed by atoms with Crippen molar-refractivity contribution in [2.24, 2.45) is 7.05 Å². The van der Waals surface area contributed by atoms with E-state index < -0.39 is 5.60 Å². The van der Waals surface area contributed by atoms with E-state index in [2.05, 4.69) is 17.2 Å². The molecule has 0 saturated carbocycles. The lowest BCUT2D eigenvalue weighted by molar-refractivity contribution is -0.00187. The lowest BCUT2D eigenvalue weighted by atomic mass is 9.81. The molecular formula is C27H24N4O3S. The number of piperidine rings is 1. The number of nitrogens with zero attached hydrogens (tertiary/aromatic N) is 4. The van der Waals surface area contributed by atoms with Crippen molar-refractivity contribution in [3.05, 3.63) is 70.9 Å². The highest BCUT2D eigenvalue weighted by Gasteiger charge is 2.46. The van der Waals surface area contributed by atoms with Crippen molar-refractivity contribution in [3.63, 3.8) is 0 Å². The van der Waals surface area contributed by atoms with E-state index in [-0.39, 0.29) is 5.91 Å². The van der Waals surface area contributed by atoms with Gasteiger partial charge in [-0.1, -0.05) is 12.1 Å². The van der Waals surface area contributed by atoms with Gasteiger partial charge in [0.1, 0.15) is 27.8 Å². The number of thiazole rings is 1. The number of para-hydroxylation sites is 1. The Morgan fingerprint density at radius 2 is 1.97 bits per heavy atom. The fourth-order valence-electron chi connectivity index (χ4n) is 5.54. The van der Waals surface area contributed by atoms with Gasteiger partial charge in [0.05, 0.1) is 18.5 Å². The molecule has 0 bridgehead atoms. The van der Waals surface area contributed by atoms with Gasteiger partial charge in [-0.3, -0.25) is 9.48 Å². The van der Waals surface area contributed by atoms with Crippen LogP contribution in [-0.2, 0) is 19.1 Å². The summed E-state index contributed by atoms with van der Waals surface area (Å²) in [6.07, 6.45) is 4.28. The second-order valence-corrected chi connectivity index (χ2v) is 10.2. The number of aromatic nitrogens is 3. The zero-order chi connectivity index (χ0) is 23.6. The Morgan fingerprint density at radius 1 is 1.11 bits per heavy atom. The van der Waals surface area contributed by atoms with Gasteiger partial charge in [-0.25, -0.2) is 4.98 Å². The van der Waals surface area contributed by atoms with E-state index in [1.165, 1.54) is 16.9 Å². The Bertz CT molecular complexity index is 1460. The zero-order valence-corrected chi connectivity index (χ0v) is 20.2. The summed E-state index contributed by atoms with van der Waals surface area (Å²) in [5.74, 6) is 1.81. The van der Waals surface area contributed by atoms with Gasteiger partial charge >= 0.3 is 0 Å². The molecule has 1 spiro atoms. The number of ether oxygens (including phenoxy) is 2. The van der Waals surface area contributed by atoms with E-state index in [1.54, 1.807) is 0 Å². The van der Waals surface area contributed by atoms with Crippen LogP contribution in [-0.4, -0.2) is 45.3 Å². The number of rotatable bonds is 2. The molecule has 0 aliphatic carbocycles. The van der Waals surface area contributed by atoms with Crippen molar-refractivity contribution in [3.8, 4) is 33.3 Å². The minimum absolute atomic E-state index is 0.0190. The van der Waals surface area contributed by atoms with Crippen molar-refractivity contribution >= 4 is 17.2 Å². The lowest BCUT2D eigenvalue weighted by Gasteiger charge is -2.44. The van der Waals surface area contributed by atoms with E-state index in [0.717, 1.165) is 51.9 Å². The summed E-state index contributed by atoms with van der Waals surface area (Å²) in [5, 5.41) is 7.28. The molecule has 3 aliphatic heterocycles. The summed E-state index contributed by atoms with van der Waals surface area (Å²) in [5.41, 5.74) is 5.58. The summed E-state index contributed by atoms with van der Waals surface area (Å²) in [6.45, 7) is 1.95. The Morgan fingerprint density at radius 3 is 2.86 bits per heavy atom. The number of likely N-dealkylation sites (tertiary alicyclic amines) is 1. The molecule has 3 aliphatic rings. The molecule has 176 valence electrons. The first-order valence-electron chi connectivity index (χ1n) is 11.9. The maximum Gasteiger partial charge on any atom is 0.273 e. The first-order valence-corrected chi connectivity index (χ1v) is 12.8. The number of aryl methyl sites for hydroxylation is 1. The predicted octanol–water partition coefficient (Wildman–Crippen LogP) is 4.67. The number of hydrogen-bond acceptors (Lipinski definition) is 6. The number of carbonyl (C=O) groups excluding carboxylic acids is 1. The molecule has 35 heavy (non-hydrogen) atoms. The van der Waals surface area contributed by atoms with Crippen LogP contribution in [0.2, 0.25) is 0 Å². The number of hydrogen-bond donors (Lipinski definition) is 0. The SMILES string of the molecule is Cn1ncc2c1-c1ccccc1OC21CCN(C(=O)c2csc(-c3ccc4c(c3)CCO4)n2)CC1. The summed E-state index contributed by atoms with van der Waals surface area (Å²) in [4.78, 5) is 19.9. The average Bonchev–Trinajstić information content (AvgIpc) is 3.64. The van der Waals surface area contributed by atoms with Crippen LogP contribution in [0.4, 0.5) is 0 Å². The van der Waals surface area contributed by atoms with Crippen LogP contribution in [0.5, 0.6) is 11.5 Å². The quantitative estimate of drug-likeness (QED) is 0.414. The molecule has 2 aromatic carbocycles. The van der Waals surface area contributed by atoms with Gasteiger partial charge in [0.25, 0.3) is 5.91 Å². The molecule has 0 unspecified atom stereocenters. The minimum atomic E-state index is -0.464. The predicted molar refractivity (Wildman–Crippen MR) is 133 cm³/mol. The van der Waals surface area contributed by atoms with Crippen LogP contribution in [0, 0.1) is 0 Å². The fourth-order valence-corrected chi connectivity index (χ4v) is 6.33. The fraction of sp³-hybridized carbons (Fsp3) is 0.296. The van der Waals surface area contributed by atoms with Gasteiger partial charge in [0.2, 0.25) is 0 Å². The second kappa shape index (κ2) is 7.68. The molecular weight excluding hydrogens is 460 g/mol. The van der Waals surface area contributed by atoms with E-state index in [4.69, 9.17) is 14.5 Å². The highest BCUT2D eigenvalue weighted by Crippen LogP contribution is 2.49. The highest BCUT2D eigenvalue weighted by molar-refractivity contribution is 7.13. The summed E-state index contributed by atoms with van der Waals surface area (Å²) in [6, 6.07) is 14.3. The Labute approximate surface area is 206 Å². The maximum atomic E-state index is 13.3. The molecule has 0 N–H and O–H groups in total. The Balaban J connectivity index is 1.11. The smallest absolute Gasteiger partial charge is 0.273 e. The largest absolute Gasteiger partial charge is 0.493 e. The van der Waals surface area contributed by atoms with Crippen LogP contribution < -0.4 is 9.47 Å². The van der Waals surface area contributed by atoms with E-state index in [0.29, 0.717) is 31.6 Å². The molecule has 7 nitrogen and oxygen atoms in total. The molecule has 4 aromatic rings. The van der Waals surface area contributed by atoms with Crippen molar-refractivity contribution < 1.29 is 14.3 Å². The van der Waals surface area contributed by atoms with Crippen molar-refractivity contribution in [2.75, 3.05) is 19.7 Å². The average molecular weight is 485 g/mol. The molecule has 0 atom stereocenters. The molecule has 5 heterocycles. The Kier molecular flexibility index (Phi) is 4.54. The first-order chi connectivity index (χ1) is 17.1. The number of carbonyl (C=O) groups is 1. The van der Waals surface area contributed by atoms with E-state index >= 15 is 0 Å². The molecule has 8 heteroatoms. The minimum Gasteiger partial charge on any atom is -0.493 e. The highest BCUT2D eigenvalue weighted by atomic mass is 32.1. The first kappa shape index (κ1) is 20.7. The van der Waals surface area contributed by atoms with E-state index in [9.17, 15) is 4.79 Å². The van der Waals surface area contributed by atoms with Crippen LogP contribution >= 0.6 is 11.3 Å². The van der Waals surface area contributed by atoms with Crippen LogP contribution in [0.1, 0.15) is 34.5 Å². The summed E-state index contributed by atoms with van der Waals surface area (Å²) >= 11 is 1.51. The molecule has 1 saturated heterocycles. The molecule has 7 rings (SSSR count). The maximum absolute atomic E-state index is 13.3. The van der Waals surface area contributed by atoms with Crippen LogP contribution in [0.15, 0.2) is 54.0 Å². The third kappa shape index (κ3) is 3.20. The van der Waals surface area contributed by atoms with Crippen molar-refractivity contribution in [1.82, 2.24) is 19.7 Å². The van der Waals surface area contributed by atoms with Crippen LogP contribution in [0.3, 0.4) is 0 Å².